The molecule has 0 aromatic carbocycles. The largest absolute Gasteiger partial charge is 0.460 e. The van der Waals surface area contributed by atoms with Crippen molar-refractivity contribution in [2.24, 2.45) is 62.6 Å². The lowest BCUT2D eigenvalue weighted by Crippen LogP contribution is -2.67. The van der Waals surface area contributed by atoms with E-state index in [0.717, 1.165) is 24.2 Å². The average Bonchev–Trinajstić information content (AvgIpc) is 3.48. The summed E-state index contributed by atoms with van der Waals surface area (Å²) < 4.78 is 16.8. The second-order valence-corrected chi connectivity index (χ2v) is 20.9. The second kappa shape index (κ2) is 14.0. The summed E-state index contributed by atoms with van der Waals surface area (Å²) >= 11 is 0. The zero-order valence-electron chi connectivity index (χ0n) is 35.7. The molecule has 0 spiro atoms. The molecule has 0 saturated heterocycles. The first-order valence-corrected chi connectivity index (χ1v) is 21.6. The van der Waals surface area contributed by atoms with Gasteiger partial charge in [0.2, 0.25) is 13.1 Å². The van der Waals surface area contributed by atoms with Crippen molar-refractivity contribution in [1.82, 2.24) is 0 Å². The number of fused-ring (bicyclic) bond motifs is 7. The van der Waals surface area contributed by atoms with Gasteiger partial charge in [0.1, 0.15) is 6.10 Å². The van der Waals surface area contributed by atoms with Crippen LogP contribution in [0.3, 0.4) is 0 Å². The van der Waals surface area contributed by atoms with Crippen LogP contribution in [0.25, 0.3) is 0 Å². The van der Waals surface area contributed by atoms with Crippen LogP contribution in [0.2, 0.25) is 0 Å². The first-order chi connectivity index (χ1) is 25.3. The van der Waals surface area contributed by atoms with Crippen molar-refractivity contribution < 1.29 is 28.2 Å². The summed E-state index contributed by atoms with van der Waals surface area (Å²) in [6.45, 7) is 27.2. The number of rotatable bonds is 8. The third kappa shape index (κ3) is 6.36. The van der Waals surface area contributed by atoms with E-state index in [1.165, 1.54) is 62.5 Å². The third-order valence-electron chi connectivity index (χ3n) is 17.7. The zero-order valence-corrected chi connectivity index (χ0v) is 35.7. The van der Waals surface area contributed by atoms with Crippen molar-refractivity contribution in [3.8, 4) is 0 Å². The quantitative estimate of drug-likeness (QED) is 0.200. The zero-order chi connectivity index (χ0) is 39.0. The van der Waals surface area contributed by atoms with Crippen LogP contribution in [0, 0.1) is 90.3 Å². The lowest BCUT2D eigenvalue weighted by atomic mass is 9.32. The van der Waals surface area contributed by atoms with Crippen molar-refractivity contribution >= 4 is 11.9 Å². The first-order valence-electron chi connectivity index (χ1n) is 21.6. The van der Waals surface area contributed by atoms with E-state index < -0.39 is 0 Å². The molecule has 2 aromatic heterocycles. The highest BCUT2D eigenvalue weighted by Crippen LogP contribution is 2.77. The molecule has 296 valence electrons. The molecule has 2 heterocycles. The van der Waals surface area contributed by atoms with E-state index in [0.29, 0.717) is 42.1 Å². The summed E-state index contributed by atoms with van der Waals surface area (Å²) in [5.41, 5.74) is 5.34. The molecule has 0 amide bonds. The molecule has 0 N–H and O–H groups in total. The van der Waals surface area contributed by atoms with Gasteiger partial charge in [0.15, 0.2) is 23.8 Å². The molecule has 5 aliphatic rings. The highest BCUT2D eigenvalue weighted by Gasteiger charge is 2.71. The minimum absolute atomic E-state index is 0.0534. The Morgan fingerprint density at radius 3 is 1.96 bits per heavy atom. The van der Waals surface area contributed by atoms with Crippen LogP contribution in [0.4, 0.5) is 0 Å². The predicted molar refractivity (Wildman–Crippen MR) is 212 cm³/mol. The molecule has 0 aliphatic heterocycles. The lowest BCUT2D eigenvalue weighted by molar-refractivity contribution is -0.692. The highest BCUT2D eigenvalue weighted by atomic mass is 16.5. The summed E-state index contributed by atoms with van der Waals surface area (Å²) in [5, 5.41) is 0. The van der Waals surface area contributed by atoms with E-state index in [1.807, 2.05) is 21.5 Å². The number of nitrogens with zero attached hydrogens (tertiary/aromatic N) is 2. The van der Waals surface area contributed by atoms with E-state index in [1.54, 1.807) is 0 Å². The maximum absolute atomic E-state index is 13.4. The van der Waals surface area contributed by atoms with E-state index >= 15 is 0 Å². The number of hydrogen-bond acceptors (Lipinski definition) is 4. The summed E-state index contributed by atoms with van der Waals surface area (Å²) in [6, 6.07) is 8.39. The van der Waals surface area contributed by atoms with Gasteiger partial charge in [-0.05, 0) is 141 Å². The average molecular weight is 741 g/mol. The Balaban J connectivity index is 1.09. The monoisotopic (exact) mass is 741 g/mol. The van der Waals surface area contributed by atoms with Crippen molar-refractivity contribution in [2.45, 2.75) is 160 Å². The molecule has 6 nitrogen and oxygen atoms in total. The van der Waals surface area contributed by atoms with Gasteiger partial charge in [-0.1, -0.05) is 48.5 Å². The number of ether oxygens (including phenoxy) is 2. The van der Waals surface area contributed by atoms with Gasteiger partial charge in [-0.2, -0.15) is 9.13 Å². The summed E-state index contributed by atoms with van der Waals surface area (Å²) in [7, 11) is 0. The van der Waals surface area contributed by atoms with Crippen molar-refractivity contribution in [3.05, 3.63) is 59.2 Å². The van der Waals surface area contributed by atoms with Crippen LogP contribution < -0.4 is 9.13 Å². The van der Waals surface area contributed by atoms with Gasteiger partial charge in [-0.3, -0.25) is 0 Å². The number of aryl methyl sites for hydroxylation is 4. The van der Waals surface area contributed by atoms with Crippen molar-refractivity contribution in [2.75, 3.05) is 6.61 Å². The maximum Gasteiger partial charge on any atom is 0.372 e. The number of carbonyl (C=O) groups excluding carboxylic acids is 2. The van der Waals surface area contributed by atoms with E-state index in [9.17, 15) is 9.59 Å². The summed E-state index contributed by atoms with van der Waals surface area (Å²) in [5.74, 6) is 3.54. The Morgan fingerprint density at radius 2 is 1.35 bits per heavy atom. The molecule has 54 heavy (non-hydrogen) atoms. The van der Waals surface area contributed by atoms with Gasteiger partial charge >= 0.3 is 11.9 Å². The molecular weight excluding hydrogens is 669 g/mol. The fourth-order valence-electron chi connectivity index (χ4n) is 14.6. The van der Waals surface area contributed by atoms with E-state index in [4.69, 9.17) is 9.47 Å². The standard InChI is InChI=1S/C48H72N2O4/c1-31(2)36-14-21-48(30-53-41(51)28-49-24-17-32(3)26-34(49)5)23-22-46(10)37(43(36)48)12-13-39-45(9)19-16-40(44(7,8)38(45)15-20-47(39,46)11)54-42(52)29-50-25-18-33(4)27-35(50)6/h17-18,24-27,31,36-40,43H,12-16,19-23,28-30H2,1-11H3/q+2/t36-,37?,38?,39?,40-,43?,45-,46+,47+,48?/m0/s1. The van der Waals surface area contributed by atoms with Crippen LogP contribution in [0.1, 0.15) is 135 Å². The van der Waals surface area contributed by atoms with E-state index in [-0.39, 0.29) is 58.2 Å². The second-order valence-electron chi connectivity index (χ2n) is 20.9. The van der Waals surface area contributed by atoms with Gasteiger partial charge in [-0.25, -0.2) is 9.59 Å². The van der Waals surface area contributed by atoms with Gasteiger partial charge in [0, 0.05) is 48.9 Å². The number of carbonyl (C=O) groups is 2. The lowest BCUT2D eigenvalue weighted by Gasteiger charge is -2.73. The molecule has 5 aliphatic carbocycles. The topological polar surface area (TPSA) is 60.4 Å². The van der Waals surface area contributed by atoms with Crippen LogP contribution in [-0.2, 0) is 32.2 Å². The Kier molecular flexibility index (Phi) is 10.2. The fourth-order valence-corrected chi connectivity index (χ4v) is 14.6. The predicted octanol–water partition coefficient (Wildman–Crippen LogP) is 9.39. The minimum Gasteiger partial charge on any atom is -0.460 e. The number of hydrogen-bond donors (Lipinski definition) is 0. The third-order valence-corrected chi connectivity index (χ3v) is 17.7. The Morgan fingerprint density at radius 1 is 0.722 bits per heavy atom. The summed E-state index contributed by atoms with van der Waals surface area (Å²) in [6.07, 6.45) is 15.9. The first kappa shape index (κ1) is 39.5. The Labute approximate surface area is 327 Å². The molecule has 5 unspecified atom stereocenters. The smallest absolute Gasteiger partial charge is 0.372 e. The Bertz CT molecular complexity index is 1770. The van der Waals surface area contributed by atoms with Gasteiger partial charge in [0.05, 0.1) is 6.61 Å². The normalized spacial score (nSPS) is 38.1. The molecule has 6 heteroatoms. The fraction of sp³-hybridized carbons (Fsp3) is 0.750. The minimum atomic E-state index is -0.112. The SMILES string of the molecule is Cc1cc[n+](CC(=O)OCC23CC[C@@H](C(C)C)C2C2CCC4[C@@]5(C)CC[C@H](OC(=O)C[n+]6ccc(C)cc6C)C(C)(C)C5CC[C@@]4(C)[C@]2(C)CC3)c(C)c1. The number of aromatic nitrogens is 2. The molecule has 5 fully saturated rings. The molecule has 0 radical (unpaired) electrons. The van der Waals surface area contributed by atoms with Gasteiger partial charge < -0.3 is 9.47 Å². The van der Waals surface area contributed by atoms with Crippen LogP contribution in [-0.4, -0.2) is 24.6 Å². The molecule has 5 saturated carbocycles. The van der Waals surface area contributed by atoms with Crippen LogP contribution >= 0.6 is 0 Å². The van der Waals surface area contributed by atoms with Gasteiger partial charge in [-0.15, -0.1) is 0 Å². The summed E-state index contributed by atoms with van der Waals surface area (Å²) in [4.78, 5) is 26.9. The molecular formula is C48H72N2O4+2. The van der Waals surface area contributed by atoms with Crippen molar-refractivity contribution in [3.63, 3.8) is 0 Å². The molecule has 10 atom stereocenters. The number of pyridine rings is 2. The van der Waals surface area contributed by atoms with Crippen LogP contribution in [0.5, 0.6) is 0 Å². The molecule has 7 rings (SSSR count). The maximum atomic E-state index is 13.4. The molecule has 0 bridgehead atoms. The number of esters is 2. The molecule has 2 aromatic rings. The Hall–Kier alpha value is -2.76. The van der Waals surface area contributed by atoms with Gasteiger partial charge in [0.25, 0.3) is 0 Å². The van der Waals surface area contributed by atoms with Crippen LogP contribution in [0.15, 0.2) is 36.7 Å². The van der Waals surface area contributed by atoms with Crippen molar-refractivity contribution in [1.29, 1.82) is 0 Å². The highest BCUT2D eigenvalue weighted by molar-refractivity contribution is 5.68. The van der Waals surface area contributed by atoms with E-state index in [2.05, 4.69) is 100 Å².